The second kappa shape index (κ2) is 8.11. The highest BCUT2D eigenvalue weighted by Gasteiger charge is 2.48. The first kappa shape index (κ1) is 20.6. The molecule has 2 fully saturated rings. The summed E-state index contributed by atoms with van der Waals surface area (Å²) in [5, 5.41) is 10.3. The standard InChI is InChI=1S/C25H20ClFN2O4/c26-16-10-17-22(20(27)25(28-17)33-19-12-32-23-18(30)11-31-24(19)23)29-21(16)15-8-6-14(7-9-15)13-4-2-1-3-5-13/h1-10,18-19,23-24,28,30H,11-12H2/t18-,19-,23-,24-/m1/s1. The minimum Gasteiger partial charge on any atom is -0.468 e. The molecule has 6 nitrogen and oxygen atoms in total. The summed E-state index contributed by atoms with van der Waals surface area (Å²) in [5.41, 5.74) is 4.01. The van der Waals surface area contributed by atoms with Crippen LogP contribution in [-0.2, 0) is 9.47 Å². The molecule has 4 atom stereocenters. The third kappa shape index (κ3) is 3.57. The van der Waals surface area contributed by atoms with Crippen LogP contribution < -0.4 is 4.74 Å². The van der Waals surface area contributed by atoms with E-state index in [1.165, 1.54) is 0 Å². The maximum Gasteiger partial charge on any atom is 0.231 e. The molecule has 8 heteroatoms. The number of H-pyrrole nitrogens is 1. The molecule has 0 aliphatic carbocycles. The summed E-state index contributed by atoms with van der Waals surface area (Å²) in [5.74, 6) is -0.657. The van der Waals surface area contributed by atoms with Crippen LogP contribution in [0.2, 0.25) is 5.02 Å². The highest BCUT2D eigenvalue weighted by atomic mass is 35.5. The maximum absolute atomic E-state index is 15.2. The zero-order valence-electron chi connectivity index (χ0n) is 17.4. The zero-order chi connectivity index (χ0) is 22.5. The molecule has 0 amide bonds. The molecule has 2 aliphatic heterocycles. The summed E-state index contributed by atoms with van der Waals surface area (Å²) in [4.78, 5) is 7.41. The van der Waals surface area contributed by atoms with Crippen molar-refractivity contribution < 1.29 is 23.7 Å². The number of halogens is 2. The Kier molecular flexibility index (Phi) is 5.07. The number of aromatic nitrogens is 2. The molecule has 2 aromatic heterocycles. The lowest BCUT2D eigenvalue weighted by Crippen LogP contribution is -2.34. The first-order chi connectivity index (χ1) is 16.1. The van der Waals surface area contributed by atoms with Crippen LogP contribution in [0.3, 0.4) is 0 Å². The van der Waals surface area contributed by atoms with Gasteiger partial charge >= 0.3 is 0 Å². The number of hydrogen-bond donors (Lipinski definition) is 2. The lowest BCUT2D eigenvalue weighted by atomic mass is 10.0. The van der Waals surface area contributed by atoms with Crippen LogP contribution in [0.5, 0.6) is 5.88 Å². The number of pyridine rings is 1. The molecule has 0 radical (unpaired) electrons. The average Bonchev–Trinajstić information content (AvgIpc) is 3.50. The average molecular weight is 467 g/mol. The molecule has 2 aromatic carbocycles. The van der Waals surface area contributed by atoms with E-state index in [0.717, 1.165) is 16.7 Å². The Labute approximate surface area is 193 Å². The molecule has 0 unspecified atom stereocenters. The highest BCUT2D eigenvalue weighted by molar-refractivity contribution is 6.33. The van der Waals surface area contributed by atoms with Crippen molar-refractivity contribution in [2.24, 2.45) is 0 Å². The number of aliphatic hydroxyl groups is 1. The fraction of sp³-hybridized carbons (Fsp3) is 0.240. The second-order valence-corrected chi connectivity index (χ2v) is 8.65. The fourth-order valence-electron chi connectivity index (χ4n) is 4.47. The summed E-state index contributed by atoms with van der Waals surface area (Å²) in [7, 11) is 0. The SMILES string of the molecule is O[C@@H]1CO[C@H]2[C@@H]1OC[C@H]2Oc1[nH]c2cc(Cl)c(-c3ccc(-c4ccccc4)cc3)nc2c1F. The number of fused-ring (bicyclic) bond motifs is 2. The van der Waals surface area contributed by atoms with Crippen LogP contribution in [-0.4, -0.2) is 52.7 Å². The fourth-order valence-corrected chi connectivity index (χ4v) is 4.73. The van der Waals surface area contributed by atoms with Gasteiger partial charge in [0, 0.05) is 5.56 Å². The number of nitrogens with zero attached hydrogens (tertiary/aromatic N) is 1. The van der Waals surface area contributed by atoms with Crippen molar-refractivity contribution in [1.29, 1.82) is 0 Å². The topological polar surface area (TPSA) is 76.6 Å². The van der Waals surface area contributed by atoms with E-state index in [1.54, 1.807) is 6.07 Å². The van der Waals surface area contributed by atoms with E-state index >= 15 is 4.39 Å². The third-order valence-electron chi connectivity index (χ3n) is 6.15. The number of rotatable bonds is 4. The number of aliphatic hydroxyl groups excluding tert-OH is 1. The van der Waals surface area contributed by atoms with Crippen molar-refractivity contribution in [3.63, 3.8) is 0 Å². The number of nitrogens with one attached hydrogen (secondary N) is 1. The predicted octanol–water partition coefficient (Wildman–Crippen LogP) is 4.60. The van der Waals surface area contributed by atoms with Crippen LogP contribution in [0.15, 0.2) is 60.7 Å². The molecule has 4 aromatic rings. The van der Waals surface area contributed by atoms with Crippen molar-refractivity contribution in [2.75, 3.05) is 13.2 Å². The van der Waals surface area contributed by atoms with Gasteiger partial charge in [0.15, 0.2) is 6.10 Å². The van der Waals surface area contributed by atoms with Gasteiger partial charge in [-0.1, -0.05) is 66.2 Å². The number of aromatic amines is 1. The van der Waals surface area contributed by atoms with Gasteiger partial charge in [0.1, 0.15) is 23.8 Å². The first-order valence-corrected chi connectivity index (χ1v) is 11.1. The van der Waals surface area contributed by atoms with E-state index < -0.39 is 30.2 Å². The van der Waals surface area contributed by atoms with Crippen LogP contribution in [0.1, 0.15) is 0 Å². The molecule has 0 saturated carbocycles. The molecule has 33 heavy (non-hydrogen) atoms. The Morgan fingerprint density at radius 1 is 0.970 bits per heavy atom. The highest BCUT2D eigenvalue weighted by Crippen LogP contribution is 2.36. The van der Waals surface area contributed by atoms with E-state index in [2.05, 4.69) is 9.97 Å². The van der Waals surface area contributed by atoms with Crippen LogP contribution in [0, 0.1) is 5.82 Å². The summed E-state index contributed by atoms with van der Waals surface area (Å²) in [6.07, 6.45) is -2.14. The third-order valence-corrected chi connectivity index (χ3v) is 6.44. The van der Waals surface area contributed by atoms with E-state index in [-0.39, 0.29) is 24.6 Å². The molecule has 0 bridgehead atoms. The monoisotopic (exact) mass is 466 g/mol. The molecule has 6 rings (SSSR count). The Bertz CT molecular complexity index is 1310. The van der Waals surface area contributed by atoms with Gasteiger partial charge < -0.3 is 24.3 Å². The van der Waals surface area contributed by atoms with Gasteiger partial charge in [-0.05, 0) is 17.2 Å². The van der Waals surface area contributed by atoms with Crippen LogP contribution >= 0.6 is 11.6 Å². The quantitative estimate of drug-likeness (QED) is 0.460. The summed E-state index contributed by atoms with van der Waals surface area (Å²) in [6, 6.07) is 19.5. The summed E-state index contributed by atoms with van der Waals surface area (Å²) >= 11 is 6.50. The van der Waals surface area contributed by atoms with Gasteiger partial charge in [0.05, 0.1) is 29.4 Å². The minimum atomic E-state index is -0.701. The molecule has 168 valence electrons. The molecular weight excluding hydrogens is 447 g/mol. The maximum atomic E-state index is 15.2. The molecule has 4 heterocycles. The predicted molar refractivity (Wildman–Crippen MR) is 122 cm³/mol. The van der Waals surface area contributed by atoms with E-state index in [4.69, 9.17) is 25.8 Å². The second-order valence-electron chi connectivity index (χ2n) is 8.25. The van der Waals surface area contributed by atoms with Crippen molar-refractivity contribution in [1.82, 2.24) is 9.97 Å². The van der Waals surface area contributed by atoms with Crippen molar-refractivity contribution in [2.45, 2.75) is 24.4 Å². The summed E-state index contributed by atoms with van der Waals surface area (Å²) < 4.78 is 32.2. The first-order valence-electron chi connectivity index (χ1n) is 10.7. The smallest absolute Gasteiger partial charge is 0.231 e. The zero-order valence-corrected chi connectivity index (χ0v) is 18.1. The molecule has 0 spiro atoms. The van der Waals surface area contributed by atoms with Gasteiger partial charge in [-0.2, -0.15) is 4.39 Å². The molecule has 2 N–H and O–H groups in total. The summed E-state index contributed by atoms with van der Waals surface area (Å²) in [6.45, 7) is 0.377. The molecule has 2 saturated heterocycles. The van der Waals surface area contributed by atoms with Crippen molar-refractivity contribution in [3.05, 3.63) is 71.5 Å². The number of benzene rings is 2. The molecule has 2 aliphatic rings. The largest absolute Gasteiger partial charge is 0.468 e. The van der Waals surface area contributed by atoms with E-state index in [9.17, 15) is 5.11 Å². The Hall–Kier alpha value is -2.97. The molecular formula is C25H20ClFN2O4. The van der Waals surface area contributed by atoms with Crippen LogP contribution in [0.25, 0.3) is 33.4 Å². The van der Waals surface area contributed by atoms with E-state index in [0.29, 0.717) is 16.2 Å². The minimum absolute atomic E-state index is 0.0515. The van der Waals surface area contributed by atoms with Gasteiger partial charge in [-0.3, -0.25) is 0 Å². The number of ether oxygens (including phenoxy) is 3. The Morgan fingerprint density at radius 3 is 2.45 bits per heavy atom. The normalized spacial score (nSPS) is 24.3. The van der Waals surface area contributed by atoms with Gasteiger partial charge in [-0.15, -0.1) is 0 Å². The Morgan fingerprint density at radius 2 is 1.67 bits per heavy atom. The van der Waals surface area contributed by atoms with Gasteiger partial charge in [-0.25, -0.2) is 4.98 Å². The van der Waals surface area contributed by atoms with E-state index in [1.807, 2.05) is 54.6 Å². The Balaban J connectivity index is 1.30. The van der Waals surface area contributed by atoms with Crippen LogP contribution in [0.4, 0.5) is 4.39 Å². The van der Waals surface area contributed by atoms with Crippen molar-refractivity contribution >= 4 is 22.6 Å². The van der Waals surface area contributed by atoms with Gasteiger partial charge in [0.2, 0.25) is 11.7 Å². The number of hydrogen-bond acceptors (Lipinski definition) is 5. The van der Waals surface area contributed by atoms with Gasteiger partial charge in [0.25, 0.3) is 0 Å². The lowest BCUT2D eigenvalue weighted by Gasteiger charge is -2.16. The van der Waals surface area contributed by atoms with Crippen molar-refractivity contribution in [3.8, 4) is 28.3 Å². The lowest BCUT2D eigenvalue weighted by molar-refractivity contribution is 0.00723.